The second kappa shape index (κ2) is 4.52. The van der Waals surface area contributed by atoms with Gasteiger partial charge in [-0.05, 0) is 24.2 Å². The van der Waals surface area contributed by atoms with Crippen molar-refractivity contribution in [3.05, 3.63) is 0 Å². The van der Waals surface area contributed by atoms with Crippen molar-refractivity contribution in [3.8, 4) is 0 Å². The van der Waals surface area contributed by atoms with E-state index >= 15 is 0 Å². The van der Waals surface area contributed by atoms with Crippen LogP contribution in [0.5, 0.6) is 0 Å². The molecule has 1 heterocycles. The van der Waals surface area contributed by atoms with Crippen molar-refractivity contribution >= 4 is 5.91 Å². The topological polar surface area (TPSA) is 46.3 Å². The number of nitrogens with zero attached hydrogens (tertiary/aromatic N) is 1. The Labute approximate surface area is 93.0 Å². The number of amides is 1. The van der Waals surface area contributed by atoms with E-state index in [0.29, 0.717) is 0 Å². The van der Waals surface area contributed by atoms with Crippen LogP contribution < -0.4 is 5.73 Å². The van der Waals surface area contributed by atoms with E-state index in [9.17, 15) is 4.79 Å². The van der Waals surface area contributed by atoms with E-state index in [0.717, 1.165) is 31.8 Å². The van der Waals surface area contributed by atoms with Gasteiger partial charge in [0, 0.05) is 13.1 Å². The Bertz CT molecular complexity index is 224. The van der Waals surface area contributed by atoms with Gasteiger partial charge in [-0.1, -0.05) is 27.7 Å². The standard InChI is InChI=1S/C12H24N2O/c1-9-5-7-14(8-6-9)11(15)10(13)12(2,3)4/h9-10H,5-8,13H2,1-4H3/t10-/m1/s1. The minimum atomic E-state index is -0.370. The molecule has 0 aromatic carbocycles. The van der Waals surface area contributed by atoms with Crippen LogP contribution in [0.2, 0.25) is 0 Å². The molecule has 1 saturated heterocycles. The maximum atomic E-state index is 12.1. The zero-order valence-electron chi connectivity index (χ0n) is 10.4. The summed E-state index contributed by atoms with van der Waals surface area (Å²) >= 11 is 0. The second-order valence-corrected chi connectivity index (χ2v) is 5.85. The summed E-state index contributed by atoms with van der Waals surface area (Å²) in [6.45, 7) is 10.0. The molecule has 1 atom stereocenters. The molecule has 1 rings (SSSR count). The van der Waals surface area contributed by atoms with Crippen LogP contribution in [0.15, 0.2) is 0 Å². The summed E-state index contributed by atoms with van der Waals surface area (Å²) in [6, 6.07) is -0.370. The molecule has 0 saturated carbocycles. The molecule has 0 unspecified atom stereocenters. The lowest BCUT2D eigenvalue weighted by Gasteiger charge is -2.35. The van der Waals surface area contributed by atoms with E-state index < -0.39 is 0 Å². The third kappa shape index (κ3) is 3.20. The van der Waals surface area contributed by atoms with Gasteiger partial charge in [0.2, 0.25) is 5.91 Å². The van der Waals surface area contributed by atoms with Gasteiger partial charge in [0.05, 0.1) is 6.04 Å². The van der Waals surface area contributed by atoms with E-state index in [-0.39, 0.29) is 17.4 Å². The Morgan fingerprint density at radius 1 is 1.33 bits per heavy atom. The molecule has 1 aliphatic rings. The molecule has 0 spiro atoms. The molecule has 1 fully saturated rings. The molecule has 3 nitrogen and oxygen atoms in total. The van der Waals surface area contributed by atoms with Gasteiger partial charge in [0.15, 0.2) is 0 Å². The second-order valence-electron chi connectivity index (χ2n) is 5.85. The van der Waals surface area contributed by atoms with E-state index in [1.807, 2.05) is 25.7 Å². The van der Waals surface area contributed by atoms with Crippen LogP contribution in [-0.4, -0.2) is 29.9 Å². The summed E-state index contributed by atoms with van der Waals surface area (Å²) in [7, 11) is 0. The summed E-state index contributed by atoms with van der Waals surface area (Å²) in [6.07, 6.45) is 2.23. The number of likely N-dealkylation sites (tertiary alicyclic amines) is 1. The summed E-state index contributed by atoms with van der Waals surface area (Å²) in [5.74, 6) is 0.870. The maximum Gasteiger partial charge on any atom is 0.240 e. The molecule has 1 aliphatic heterocycles. The third-order valence-corrected chi connectivity index (χ3v) is 3.29. The average Bonchev–Trinajstić information content (AvgIpc) is 2.15. The zero-order chi connectivity index (χ0) is 11.6. The number of hydrogen-bond donors (Lipinski definition) is 1. The summed E-state index contributed by atoms with van der Waals surface area (Å²) in [4.78, 5) is 14.0. The van der Waals surface area contributed by atoms with Crippen LogP contribution in [0.3, 0.4) is 0 Å². The molecule has 3 heteroatoms. The molecule has 0 aromatic heterocycles. The first-order valence-electron chi connectivity index (χ1n) is 5.86. The van der Waals surface area contributed by atoms with Gasteiger partial charge in [-0.3, -0.25) is 4.79 Å². The van der Waals surface area contributed by atoms with Gasteiger partial charge < -0.3 is 10.6 Å². The quantitative estimate of drug-likeness (QED) is 0.718. The van der Waals surface area contributed by atoms with Gasteiger partial charge in [0.1, 0.15) is 0 Å². The minimum Gasteiger partial charge on any atom is -0.341 e. The lowest BCUT2D eigenvalue weighted by atomic mass is 9.86. The summed E-state index contributed by atoms with van der Waals surface area (Å²) in [5, 5.41) is 0. The summed E-state index contributed by atoms with van der Waals surface area (Å²) in [5.41, 5.74) is 5.83. The number of nitrogens with two attached hydrogens (primary N) is 1. The molecule has 0 aliphatic carbocycles. The van der Waals surface area contributed by atoms with E-state index in [4.69, 9.17) is 5.73 Å². The molecular formula is C12H24N2O. The molecule has 2 N–H and O–H groups in total. The summed E-state index contributed by atoms with van der Waals surface area (Å²) < 4.78 is 0. The van der Waals surface area contributed by atoms with Crippen LogP contribution in [0.4, 0.5) is 0 Å². The zero-order valence-corrected chi connectivity index (χ0v) is 10.4. The van der Waals surface area contributed by atoms with Crippen molar-refractivity contribution in [2.45, 2.75) is 46.6 Å². The average molecular weight is 212 g/mol. The van der Waals surface area contributed by atoms with E-state index in [2.05, 4.69) is 6.92 Å². The van der Waals surface area contributed by atoms with Gasteiger partial charge in [0.25, 0.3) is 0 Å². The van der Waals surface area contributed by atoms with Crippen molar-refractivity contribution in [1.82, 2.24) is 4.90 Å². The Balaban J connectivity index is 2.54. The van der Waals surface area contributed by atoms with Crippen molar-refractivity contribution in [3.63, 3.8) is 0 Å². The predicted molar refractivity (Wildman–Crippen MR) is 62.4 cm³/mol. The molecular weight excluding hydrogens is 188 g/mol. The van der Waals surface area contributed by atoms with Gasteiger partial charge in [-0.15, -0.1) is 0 Å². The first-order valence-corrected chi connectivity index (χ1v) is 5.86. The number of carbonyl (C=O) groups excluding carboxylic acids is 1. The number of rotatable bonds is 1. The van der Waals surface area contributed by atoms with Crippen molar-refractivity contribution < 1.29 is 4.79 Å². The lowest BCUT2D eigenvalue weighted by molar-refractivity contribution is -0.136. The number of hydrogen-bond acceptors (Lipinski definition) is 2. The molecule has 0 bridgehead atoms. The highest BCUT2D eigenvalue weighted by Gasteiger charge is 2.32. The molecule has 0 aromatic rings. The Hall–Kier alpha value is -0.570. The fourth-order valence-electron chi connectivity index (χ4n) is 1.80. The molecule has 1 amide bonds. The monoisotopic (exact) mass is 212 g/mol. The van der Waals surface area contributed by atoms with Gasteiger partial charge in [-0.2, -0.15) is 0 Å². The minimum absolute atomic E-state index is 0.120. The van der Waals surface area contributed by atoms with Crippen LogP contribution in [0.25, 0.3) is 0 Å². The first kappa shape index (κ1) is 12.5. The first-order chi connectivity index (χ1) is 6.82. The molecule has 15 heavy (non-hydrogen) atoms. The maximum absolute atomic E-state index is 12.1. The smallest absolute Gasteiger partial charge is 0.240 e. The predicted octanol–water partition coefficient (Wildman–Crippen LogP) is 1.62. The van der Waals surface area contributed by atoms with Crippen LogP contribution in [0, 0.1) is 11.3 Å². The molecule has 0 radical (unpaired) electrons. The Morgan fingerprint density at radius 2 is 1.80 bits per heavy atom. The SMILES string of the molecule is CC1CCN(C(=O)[C@@H](N)C(C)(C)C)CC1. The van der Waals surface area contributed by atoms with Crippen molar-refractivity contribution in [2.24, 2.45) is 17.1 Å². The van der Waals surface area contributed by atoms with Gasteiger partial charge >= 0.3 is 0 Å². The van der Waals surface area contributed by atoms with Crippen LogP contribution in [0.1, 0.15) is 40.5 Å². The number of piperidine rings is 1. The van der Waals surface area contributed by atoms with Gasteiger partial charge in [-0.25, -0.2) is 0 Å². The Kier molecular flexibility index (Phi) is 3.77. The number of carbonyl (C=O) groups is 1. The van der Waals surface area contributed by atoms with E-state index in [1.165, 1.54) is 0 Å². The fourth-order valence-corrected chi connectivity index (χ4v) is 1.80. The highest BCUT2D eigenvalue weighted by molar-refractivity contribution is 5.82. The lowest BCUT2D eigenvalue weighted by Crippen LogP contribution is -2.52. The highest BCUT2D eigenvalue weighted by atomic mass is 16.2. The Morgan fingerprint density at radius 3 is 2.20 bits per heavy atom. The largest absolute Gasteiger partial charge is 0.341 e. The fraction of sp³-hybridized carbons (Fsp3) is 0.917. The third-order valence-electron chi connectivity index (χ3n) is 3.29. The van der Waals surface area contributed by atoms with Crippen LogP contribution in [-0.2, 0) is 4.79 Å². The van der Waals surface area contributed by atoms with Crippen molar-refractivity contribution in [2.75, 3.05) is 13.1 Å². The highest BCUT2D eigenvalue weighted by Crippen LogP contribution is 2.22. The molecule has 88 valence electrons. The van der Waals surface area contributed by atoms with E-state index in [1.54, 1.807) is 0 Å². The van der Waals surface area contributed by atoms with Crippen molar-refractivity contribution in [1.29, 1.82) is 0 Å². The normalized spacial score (nSPS) is 21.5. The van der Waals surface area contributed by atoms with Crippen LogP contribution >= 0.6 is 0 Å².